The molecular formula is C22H23N3O2. The Hall–Kier alpha value is -3.21. The summed E-state index contributed by atoms with van der Waals surface area (Å²) in [6.07, 6.45) is 0. The average molecular weight is 361 g/mol. The van der Waals surface area contributed by atoms with Gasteiger partial charge in [-0.2, -0.15) is 5.10 Å². The van der Waals surface area contributed by atoms with Gasteiger partial charge in [-0.3, -0.25) is 9.59 Å². The lowest BCUT2D eigenvalue weighted by molar-refractivity contribution is -0.117. The Morgan fingerprint density at radius 1 is 0.926 bits per heavy atom. The molecule has 0 radical (unpaired) electrons. The van der Waals surface area contributed by atoms with Crippen LogP contribution < -0.4 is 10.9 Å². The molecule has 0 aliphatic carbocycles. The van der Waals surface area contributed by atoms with E-state index in [9.17, 15) is 9.59 Å². The van der Waals surface area contributed by atoms with E-state index in [1.54, 1.807) is 6.07 Å². The molecule has 27 heavy (non-hydrogen) atoms. The molecule has 0 saturated carbocycles. The van der Waals surface area contributed by atoms with E-state index in [1.807, 2.05) is 45.0 Å². The first kappa shape index (κ1) is 18.6. The van der Waals surface area contributed by atoms with Gasteiger partial charge in [0, 0.05) is 17.3 Å². The van der Waals surface area contributed by atoms with Crippen molar-refractivity contribution in [2.45, 2.75) is 34.2 Å². The molecule has 0 aliphatic heterocycles. The number of aromatic nitrogens is 2. The van der Waals surface area contributed by atoms with Crippen LogP contribution in [0.3, 0.4) is 0 Å². The Kier molecular flexibility index (Phi) is 5.21. The Morgan fingerprint density at radius 3 is 2.30 bits per heavy atom. The van der Waals surface area contributed by atoms with E-state index in [2.05, 4.69) is 29.5 Å². The lowest BCUT2D eigenvalue weighted by Gasteiger charge is -2.11. The second kappa shape index (κ2) is 7.58. The topological polar surface area (TPSA) is 64.0 Å². The molecule has 0 bridgehead atoms. The first-order valence-electron chi connectivity index (χ1n) is 8.86. The highest BCUT2D eigenvalue weighted by atomic mass is 16.2. The van der Waals surface area contributed by atoms with Gasteiger partial charge in [-0.05, 0) is 68.7 Å². The van der Waals surface area contributed by atoms with Crippen molar-refractivity contribution in [2.75, 3.05) is 5.32 Å². The van der Waals surface area contributed by atoms with Gasteiger partial charge in [-0.1, -0.05) is 23.8 Å². The molecule has 1 aromatic heterocycles. The van der Waals surface area contributed by atoms with Gasteiger partial charge in [0.15, 0.2) is 0 Å². The van der Waals surface area contributed by atoms with Crippen LogP contribution in [0.2, 0.25) is 0 Å². The minimum Gasteiger partial charge on any atom is -0.324 e. The van der Waals surface area contributed by atoms with Crippen molar-refractivity contribution in [3.05, 3.63) is 81.1 Å². The van der Waals surface area contributed by atoms with Crippen LogP contribution in [0.25, 0.3) is 11.3 Å². The third-order valence-corrected chi connectivity index (χ3v) is 4.61. The fourth-order valence-electron chi connectivity index (χ4n) is 2.92. The van der Waals surface area contributed by atoms with Gasteiger partial charge >= 0.3 is 0 Å². The predicted molar refractivity (Wildman–Crippen MR) is 108 cm³/mol. The van der Waals surface area contributed by atoms with E-state index in [4.69, 9.17) is 0 Å². The molecule has 0 spiro atoms. The molecule has 1 N–H and O–H groups in total. The van der Waals surface area contributed by atoms with Crippen molar-refractivity contribution in [2.24, 2.45) is 0 Å². The van der Waals surface area contributed by atoms with E-state index in [0.717, 1.165) is 22.3 Å². The van der Waals surface area contributed by atoms with Gasteiger partial charge in [-0.25, -0.2) is 4.68 Å². The van der Waals surface area contributed by atoms with E-state index in [-0.39, 0.29) is 18.0 Å². The third-order valence-electron chi connectivity index (χ3n) is 4.61. The van der Waals surface area contributed by atoms with Gasteiger partial charge in [0.05, 0.1) is 5.69 Å². The SMILES string of the molecule is Cc1ccc(NC(=O)Cn2nc(-c3cc(C)c(C)cc3C)ccc2=O)cc1. The largest absolute Gasteiger partial charge is 0.324 e. The Balaban J connectivity index is 1.85. The maximum absolute atomic E-state index is 12.3. The van der Waals surface area contributed by atoms with E-state index >= 15 is 0 Å². The van der Waals surface area contributed by atoms with Gasteiger partial charge in [-0.15, -0.1) is 0 Å². The van der Waals surface area contributed by atoms with Crippen molar-refractivity contribution in [3.63, 3.8) is 0 Å². The standard InChI is InChI=1S/C22H23N3O2/c1-14-5-7-18(8-6-14)23-21(26)13-25-22(27)10-9-20(24-25)19-12-16(3)15(2)11-17(19)4/h5-12H,13H2,1-4H3,(H,23,26). The quantitative estimate of drug-likeness (QED) is 0.769. The minimum atomic E-state index is -0.306. The molecule has 138 valence electrons. The number of carbonyl (C=O) groups is 1. The van der Waals surface area contributed by atoms with Gasteiger partial charge < -0.3 is 5.32 Å². The van der Waals surface area contributed by atoms with Crippen molar-refractivity contribution in [1.82, 2.24) is 9.78 Å². The molecule has 3 rings (SSSR count). The highest BCUT2D eigenvalue weighted by Crippen LogP contribution is 2.24. The Bertz CT molecular complexity index is 1050. The molecule has 3 aromatic rings. The van der Waals surface area contributed by atoms with Crippen LogP contribution in [-0.2, 0) is 11.3 Å². The fraction of sp³-hybridized carbons (Fsp3) is 0.227. The molecule has 2 aromatic carbocycles. The summed E-state index contributed by atoms with van der Waals surface area (Å²) in [4.78, 5) is 24.5. The summed E-state index contributed by atoms with van der Waals surface area (Å²) in [6, 6.07) is 14.8. The van der Waals surface area contributed by atoms with Crippen molar-refractivity contribution in [1.29, 1.82) is 0 Å². The first-order chi connectivity index (χ1) is 12.8. The number of anilines is 1. The van der Waals surface area contributed by atoms with Gasteiger partial charge in [0.2, 0.25) is 5.91 Å². The average Bonchev–Trinajstić information content (AvgIpc) is 2.62. The molecule has 0 atom stereocenters. The molecule has 5 heteroatoms. The van der Waals surface area contributed by atoms with E-state index in [0.29, 0.717) is 11.4 Å². The van der Waals surface area contributed by atoms with Crippen LogP contribution in [0.15, 0.2) is 53.3 Å². The zero-order valence-corrected chi connectivity index (χ0v) is 16.0. The summed E-state index contributed by atoms with van der Waals surface area (Å²) in [6.45, 7) is 7.97. The number of nitrogens with zero attached hydrogens (tertiary/aromatic N) is 2. The monoisotopic (exact) mass is 361 g/mol. The normalized spacial score (nSPS) is 10.7. The summed E-state index contributed by atoms with van der Waals surface area (Å²) in [5, 5.41) is 7.21. The van der Waals surface area contributed by atoms with Crippen LogP contribution >= 0.6 is 0 Å². The Labute approximate surface area is 158 Å². The number of rotatable bonds is 4. The fourth-order valence-corrected chi connectivity index (χ4v) is 2.92. The van der Waals surface area contributed by atoms with E-state index in [1.165, 1.54) is 16.3 Å². The molecule has 0 aliphatic rings. The molecule has 1 amide bonds. The number of benzene rings is 2. The maximum atomic E-state index is 12.3. The summed E-state index contributed by atoms with van der Waals surface area (Å²) < 4.78 is 1.20. The summed E-state index contributed by atoms with van der Waals surface area (Å²) in [7, 11) is 0. The second-order valence-corrected chi connectivity index (χ2v) is 6.88. The number of nitrogens with one attached hydrogen (secondary N) is 1. The molecule has 0 fully saturated rings. The van der Waals surface area contributed by atoms with Crippen LogP contribution in [-0.4, -0.2) is 15.7 Å². The smallest absolute Gasteiger partial charge is 0.267 e. The molecular weight excluding hydrogens is 338 g/mol. The van der Waals surface area contributed by atoms with Crippen LogP contribution in [0, 0.1) is 27.7 Å². The second-order valence-electron chi connectivity index (χ2n) is 6.88. The summed E-state index contributed by atoms with van der Waals surface area (Å²) in [5.41, 5.74) is 6.60. The maximum Gasteiger partial charge on any atom is 0.267 e. The van der Waals surface area contributed by atoms with Gasteiger partial charge in [0.1, 0.15) is 6.54 Å². The molecule has 1 heterocycles. The molecule has 0 saturated heterocycles. The van der Waals surface area contributed by atoms with E-state index < -0.39 is 0 Å². The molecule has 0 unspecified atom stereocenters. The molecule has 5 nitrogen and oxygen atoms in total. The lowest BCUT2D eigenvalue weighted by Crippen LogP contribution is -2.29. The van der Waals surface area contributed by atoms with Crippen LogP contribution in [0.4, 0.5) is 5.69 Å². The number of aryl methyl sites for hydroxylation is 4. The van der Waals surface area contributed by atoms with Crippen molar-refractivity contribution in [3.8, 4) is 11.3 Å². The Morgan fingerprint density at radius 2 is 1.59 bits per heavy atom. The first-order valence-corrected chi connectivity index (χ1v) is 8.86. The number of hydrogen-bond acceptors (Lipinski definition) is 3. The van der Waals surface area contributed by atoms with Crippen LogP contribution in [0.1, 0.15) is 22.3 Å². The summed E-state index contributed by atoms with van der Waals surface area (Å²) >= 11 is 0. The summed E-state index contributed by atoms with van der Waals surface area (Å²) in [5.74, 6) is -0.289. The minimum absolute atomic E-state index is 0.134. The zero-order chi connectivity index (χ0) is 19.6. The highest BCUT2D eigenvalue weighted by Gasteiger charge is 2.11. The number of hydrogen-bond donors (Lipinski definition) is 1. The van der Waals surface area contributed by atoms with Crippen molar-refractivity contribution < 1.29 is 4.79 Å². The van der Waals surface area contributed by atoms with Gasteiger partial charge in [0.25, 0.3) is 5.56 Å². The highest BCUT2D eigenvalue weighted by molar-refractivity contribution is 5.90. The zero-order valence-electron chi connectivity index (χ0n) is 16.0. The third kappa shape index (κ3) is 4.31. The number of carbonyl (C=O) groups excluding carboxylic acids is 1. The predicted octanol–water partition coefficient (Wildman–Crippen LogP) is 3.78. The van der Waals surface area contributed by atoms with Crippen molar-refractivity contribution >= 4 is 11.6 Å². The lowest BCUT2D eigenvalue weighted by atomic mass is 9.99. The number of amides is 1. The van der Waals surface area contributed by atoms with Crippen LogP contribution in [0.5, 0.6) is 0 Å².